The quantitative estimate of drug-likeness (QED) is 0.340. The average molecular weight is 508 g/mol. The zero-order chi connectivity index (χ0) is 25.8. The molecule has 0 radical (unpaired) electrons. The molecule has 36 heavy (non-hydrogen) atoms. The molecule has 0 N–H and O–H groups in total. The summed E-state index contributed by atoms with van der Waals surface area (Å²) in [6.45, 7) is 5.53. The molecule has 0 aliphatic carbocycles. The summed E-state index contributed by atoms with van der Waals surface area (Å²) in [5.41, 5.74) is 2.87. The molecule has 186 valence electrons. The lowest BCUT2D eigenvalue weighted by Gasteiger charge is -2.37. The van der Waals surface area contributed by atoms with E-state index in [1.165, 1.54) is 17.0 Å². The van der Waals surface area contributed by atoms with Crippen LogP contribution in [0.2, 0.25) is 5.02 Å². The number of carbonyl (C=O) groups excluding carboxylic acids is 2. The second kappa shape index (κ2) is 11.0. The van der Waals surface area contributed by atoms with Crippen LogP contribution in [0.4, 0.5) is 11.4 Å². The van der Waals surface area contributed by atoms with Crippen molar-refractivity contribution in [1.29, 1.82) is 0 Å². The molecule has 9 heteroatoms. The van der Waals surface area contributed by atoms with Gasteiger partial charge in [-0.05, 0) is 54.8 Å². The minimum Gasteiger partial charge on any atom is -0.379 e. The van der Waals surface area contributed by atoms with E-state index >= 15 is 0 Å². The molecule has 0 bridgehead atoms. The van der Waals surface area contributed by atoms with Crippen molar-refractivity contribution in [1.82, 2.24) is 4.90 Å². The Hall–Kier alpha value is -3.59. The van der Waals surface area contributed by atoms with E-state index in [-0.39, 0.29) is 5.69 Å². The fourth-order valence-electron chi connectivity index (χ4n) is 4.44. The zero-order valence-electron chi connectivity index (χ0n) is 20.0. The summed E-state index contributed by atoms with van der Waals surface area (Å²) in [7, 11) is 0. The molecule has 1 saturated heterocycles. The van der Waals surface area contributed by atoms with Gasteiger partial charge in [-0.1, -0.05) is 41.9 Å². The van der Waals surface area contributed by atoms with Crippen LogP contribution in [-0.2, 0) is 9.53 Å². The van der Waals surface area contributed by atoms with Crippen molar-refractivity contribution >= 4 is 34.8 Å². The highest BCUT2D eigenvalue weighted by atomic mass is 35.5. The minimum atomic E-state index is -0.843. The molecule has 8 nitrogen and oxygen atoms in total. The van der Waals surface area contributed by atoms with Gasteiger partial charge in [-0.2, -0.15) is 0 Å². The van der Waals surface area contributed by atoms with Crippen molar-refractivity contribution in [2.24, 2.45) is 0 Å². The number of anilines is 1. The fraction of sp³-hybridized carbons (Fsp3) is 0.259. The molecule has 0 spiro atoms. The third-order valence-electron chi connectivity index (χ3n) is 6.24. The van der Waals surface area contributed by atoms with Gasteiger partial charge in [0.15, 0.2) is 0 Å². The van der Waals surface area contributed by atoms with Gasteiger partial charge in [-0.3, -0.25) is 24.6 Å². The number of hydrogen-bond donors (Lipinski definition) is 0. The minimum absolute atomic E-state index is 0.0734. The van der Waals surface area contributed by atoms with E-state index in [9.17, 15) is 19.7 Å². The number of nitrogens with zero attached hydrogens (tertiary/aromatic N) is 3. The Labute approximate surface area is 214 Å². The van der Waals surface area contributed by atoms with Crippen LogP contribution < -0.4 is 4.90 Å². The second-order valence-electron chi connectivity index (χ2n) is 8.63. The van der Waals surface area contributed by atoms with Crippen LogP contribution in [0.1, 0.15) is 33.1 Å². The van der Waals surface area contributed by atoms with Gasteiger partial charge in [0.1, 0.15) is 6.04 Å². The van der Waals surface area contributed by atoms with E-state index in [0.717, 1.165) is 11.1 Å². The van der Waals surface area contributed by atoms with Crippen LogP contribution in [0.25, 0.3) is 0 Å². The normalized spacial score (nSPS) is 14.8. The van der Waals surface area contributed by atoms with Crippen molar-refractivity contribution < 1.29 is 19.2 Å². The van der Waals surface area contributed by atoms with Crippen LogP contribution in [0.15, 0.2) is 66.7 Å². The Balaban J connectivity index is 1.85. The van der Waals surface area contributed by atoms with Gasteiger partial charge in [0.05, 0.1) is 23.8 Å². The first-order chi connectivity index (χ1) is 17.3. The van der Waals surface area contributed by atoms with Crippen molar-refractivity contribution in [2.45, 2.75) is 19.9 Å². The van der Waals surface area contributed by atoms with Gasteiger partial charge in [-0.15, -0.1) is 0 Å². The number of hydrogen-bond acceptors (Lipinski definition) is 6. The molecule has 3 aromatic carbocycles. The van der Waals surface area contributed by atoms with Gasteiger partial charge in [-0.25, -0.2) is 4.90 Å². The highest BCUT2D eigenvalue weighted by molar-refractivity contribution is 6.31. The number of carbonyl (C=O) groups is 2. The molecule has 4 rings (SSSR count). The van der Waals surface area contributed by atoms with Crippen molar-refractivity contribution in [3.05, 3.63) is 104 Å². The highest BCUT2D eigenvalue weighted by Gasteiger charge is 2.37. The molecular formula is C27H26ClN3O5. The average Bonchev–Trinajstić information content (AvgIpc) is 2.87. The van der Waals surface area contributed by atoms with Crippen LogP contribution >= 0.6 is 11.6 Å². The summed E-state index contributed by atoms with van der Waals surface area (Å²) < 4.78 is 5.49. The van der Waals surface area contributed by atoms with E-state index in [0.29, 0.717) is 48.1 Å². The van der Waals surface area contributed by atoms with Crippen LogP contribution in [0.5, 0.6) is 0 Å². The number of nitro groups is 1. The maximum absolute atomic E-state index is 14.4. The second-order valence-corrected chi connectivity index (χ2v) is 9.06. The Morgan fingerprint density at radius 1 is 0.972 bits per heavy atom. The number of ether oxygens (including phenoxy) is 1. The van der Waals surface area contributed by atoms with Crippen LogP contribution in [0, 0.1) is 24.0 Å². The zero-order valence-corrected chi connectivity index (χ0v) is 20.8. The highest BCUT2D eigenvalue weighted by Crippen LogP contribution is 2.33. The molecule has 1 fully saturated rings. The van der Waals surface area contributed by atoms with Gasteiger partial charge in [0.25, 0.3) is 17.5 Å². The number of benzene rings is 3. The lowest BCUT2D eigenvalue weighted by Crippen LogP contribution is -2.49. The maximum Gasteiger partial charge on any atom is 0.269 e. The number of para-hydroxylation sites is 1. The Morgan fingerprint density at radius 3 is 2.11 bits per heavy atom. The largest absolute Gasteiger partial charge is 0.379 e. The number of imide groups is 1. The molecule has 1 aliphatic rings. The summed E-state index contributed by atoms with van der Waals surface area (Å²) in [5, 5.41) is 11.7. The predicted molar refractivity (Wildman–Crippen MR) is 137 cm³/mol. The number of nitro benzene ring substituents is 1. The van der Waals surface area contributed by atoms with Crippen molar-refractivity contribution in [3.8, 4) is 0 Å². The third kappa shape index (κ3) is 5.31. The Bertz CT molecular complexity index is 1250. The van der Waals surface area contributed by atoms with Crippen LogP contribution in [0.3, 0.4) is 0 Å². The SMILES string of the molecule is Cc1cccc(C)c1N(C(=O)c1ccc(Cl)cc1)C(=O)[C@@H](c1ccc([N+](=O)[O-])cc1)N1CCOCC1. The smallest absolute Gasteiger partial charge is 0.269 e. The Morgan fingerprint density at radius 2 is 1.56 bits per heavy atom. The molecule has 1 atom stereocenters. The number of amides is 2. The first kappa shape index (κ1) is 25.5. The lowest BCUT2D eigenvalue weighted by molar-refractivity contribution is -0.384. The molecule has 1 heterocycles. The topological polar surface area (TPSA) is 93.0 Å². The molecule has 3 aromatic rings. The molecular weight excluding hydrogens is 482 g/mol. The maximum atomic E-state index is 14.4. The number of rotatable bonds is 6. The molecule has 1 aliphatic heterocycles. The van der Waals surface area contributed by atoms with Gasteiger partial charge in [0.2, 0.25) is 0 Å². The van der Waals surface area contributed by atoms with Crippen molar-refractivity contribution in [2.75, 3.05) is 31.2 Å². The first-order valence-corrected chi connectivity index (χ1v) is 11.9. The number of morpholine rings is 1. The summed E-state index contributed by atoms with van der Waals surface area (Å²) in [4.78, 5) is 42.2. The van der Waals surface area contributed by atoms with Gasteiger partial charge < -0.3 is 4.74 Å². The summed E-state index contributed by atoms with van der Waals surface area (Å²) >= 11 is 6.03. The number of non-ortho nitro benzene ring substituents is 1. The molecule has 0 saturated carbocycles. The van der Waals surface area contributed by atoms with E-state index < -0.39 is 22.8 Å². The molecule has 2 amide bonds. The first-order valence-electron chi connectivity index (χ1n) is 11.5. The number of halogens is 1. The summed E-state index contributed by atoms with van der Waals surface area (Å²) in [5.74, 6) is -0.919. The monoisotopic (exact) mass is 507 g/mol. The van der Waals surface area contributed by atoms with Crippen LogP contribution in [-0.4, -0.2) is 47.9 Å². The number of aryl methyl sites for hydroxylation is 2. The Kier molecular flexibility index (Phi) is 7.79. The fourth-order valence-corrected chi connectivity index (χ4v) is 4.56. The van der Waals surface area contributed by atoms with E-state index in [1.807, 2.05) is 36.9 Å². The molecule has 0 aromatic heterocycles. The summed E-state index contributed by atoms with van der Waals surface area (Å²) in [6, 6.07) is 17.0. The predicted octanol–water partition coefficient (Wildman–Crippen LogP) is 5.11. The lowest BCUT2D eigenvalue weighted by atomic mass is 9.99. The van der Waals surface area contributed by atoms with Gasteiger partial charge in [0, 0.05) is 35.8 Å². The van der Waals surface area contributed by atoms with E-state index in [4.69, 9.17) is 16.3 Å². The standard InChI is InChI=1S/C27H26ClN3O5/c1-18-4-3-5-19(2)24(18)30(26(32)21-6-10-22(28)11-7-21)27(33)25(29-14-16-36-17-15-29)20-8-12-23(13-9-20)31(34)35/h3-13,25H,14-17H2,1-2H3/t25-/m1/s1. The van der Waals surface area contributed by atoms with Crippen molar-refractivity contribution in [3.63, 3.8) is 0 Å². The van der Waals surface area contributed by atoms with Gasteiger partial charge >= 0.3 is 0 Å². The summed E-state index contributed by atoms with van der Waals surface area (Å²) in [6.07, 6.45) is 0. The molecule has 0 unspecified atom stereocenters. The van der Waals surface area contributed by atoms with E-state index in [2.05, 4.69) is 0 Å². The third-order valence-corrected chi connectivity index (χ3v) is 6.49. The van der Waals surface area contributed by atoms with E-state index in [1.54, 1.807) is 36.4 Å².